The molecule has 2 heterocycles. The van der Waals surface area contributed by atoms with Crippen molar-refractivity contribution in [2.75, 3.05) is 12.4 Å². The molecule has 2 aromatic carbocycles. The molecule has 4 aromatic rings. The van der Waals surface area contributed by atoms with E-state index in [2.05, 4.69) is 25.5 Å². The predicted molar refractivity (Wildman–Crippen MR) is 93.3 cm³/mol. The number of hydrogen-bond acceptors (Lipinski definition) is 5. The van der Waals surface area contributed by atoms with Gasteiger partial charge in [-0.3, -0.25) is 5.10 Å². The number of aromatic amines is 1. The molecule has 0 aliphatic rings. The number of ether oxygens (including phenoxy) is 1. The van der Waals surface area contributed by atoms with Gasteiger partial charge in [-0.05, 0) is 24.3 Å². The summed E-state index contributed by atoms with van der Waals surface area (Å²) < 4.78 is 33.3. The van der Waals surface area contributed by atoms with Crippen LogP contribution in [-0.4, -0.2) is 27.3 Å². The third kappa shape index (κ3) is 2.71. The quantitative estimate of drug-likeness (QED) is 0.579. The number of hydrogen-bond donors (Lipinski definition) is 2. The number of fused-ring (bicyclic) bond motifs is 1. The molecule has 0 amide bonds. The Labute approximate surface area is 146 Å². The van der Waals surface area contributed by atoms with Crippen molar-refractivity contribution in [2.24, 2.45) is 0 Å². The number of para-hydroxylation sites is 2. The van der Waals surface area contributed by atoms with E-state index < -0.39 is 11.6 Å². The van der Waals surface area contributed by atoms with E-state index in [0.29, 0.717) is 16.8 Å². The molecule has 0 saturated carbocycles. The lowest BCUT2D eigenvalue weighted by Gasteiger charge is -2.09. The van der Waals surface area contributed by atoms with Crippen molar-refractivity contribution in [1.29, 1.82) is 0 Å². The minimum atomic E-state index is -0.688. The number of aromatic nitrogens is 4. The van der Waals surface area contributed by atoms with E-state index >= 15 is 0 Å². The van der Waals surface area contributed by atoms with Crippen LogP contribution in [0.4, 0.5) is 20.4 Å². The first kappa shape index (κ1) is 15.9. The standard InChI is InChI=1S/C18H13F2N5O/c1-26-14-8-3-2-7-13(14)22-18-21-9-10-16(24-25-17(10)23-18)15-11(19)5-4-6-12(15)20/h2-9H,1H3,(H2,21,22,23,24,25). The smallest absolute Gasteiger partial charge is 0.229 e. The number of benzene rings is 2. The van der Waals surface area contributed by atoms with Crippen LogP contribution in [0.25, 0.3) is 22.3 Å². The zero-order valence-electron chi connectivity index (χ0n) is 13.6. The van der Waals surface area contributed by atoms with Gasteiger partial charge in [0.25, 0.3) is 0 Å². The van der Waals surface area contributed by atoms with Crippen LogP contribution in [0.5, 0.6) is 5.75 Å². The molecule has 0 spiro atoms. The maximum absolute atomic E-state index is 14.0. The summed E-state index contributed by atoms with van der Waals surface area (Å²) in [6, 6.07) is 11.0. The number of methoxy groups -OCH3 is 1. The Balaban J connectivity index is 1.74. The van der Waals surface area contributed by atoms with Crippen LogP contribution in [0.1, 0.15) is 0 Å². The van der Waals surface area contributed by atoms with Gasteiger partial charge in [0.05, 0.1) is 29.4 Å². The number of anilines is 2. The Hall–Kier alpha value is -3.55. The zero-order chi connectivity index (χ0) is 18.1. The van der Waals surface area contributed by atoms with Gasteiger partial charge in [-0.15, -0.1) is 0 Å². The van der Waals surface area contributed by atoms with E-state index in [9.17, 15) is 8.78 Å². The molecular weight excluding hydrogens is 340 g/mol. The summed E-state index contributed by atoms with van der Waals surface area (Å²) in [5.74, 6) is -0.458. The summed E-state index contributed by atoms with van der Waals surface area (Å²) in [6.07, 6.45) is 1.46. The van der Waals surface area contributed by atoms with E-state index in [1.165, 1.54) is 24.4 Å². The van der Waals surface area contributed by atoms with Crippen molar-refractivity contribution < 1.29 is 13.5 Å². The molecule has 0 unspecified atom stereocenters. The molecular formula is C18H13F2N5O. The Morgan fingerprint density at radius 3 is 2.58 bits per heavy atom. The Morgan fingerprint density at radius 1 is 1.04 bits per heavy atom. The second-order valence-corrected chi connectivity index (χ2v) is 5.45. The minimum Gasteiger partial charge on any atom is -0.495 e. The average molecular weight is 353 g/mol. The molecule has 2 N–H and O–H groups in total. The van der Waals surface area contributed by atoms with Crippen LogP contribution >= 0.6 is 0 Å². The van der Waals surface area contributed by atoms with E-state index in [1.54, 1.807) is 13.2 Å². The van der Waals surface area contributed by atoms with Crippen molar-refractivity contribution in [2.45, 2.75) is 0 Å². The summed E-state index contributed by atoms with van der Waals surface area (Å²) in [6.45, 7) is 0. The molecule has 0 atom stereocenters. The summed E-state index contributed by atoms with van der Waals surface area (Å²) in [5, 5.41) is 10.1. The molecule has 2 aromatic heterocycles. The molecule has 0 fully saturated rings. The van der Waals surface area contributed by atoms with Gasteiger partial charge in [-0.1, -0.05) is 18.2 Å². The van der Waals surface area contributed by atoms with Gasteiger partial charge in [0.1, 0.15) is 17.4 Å². The highest BCUT2D eigenvalue weighted by Crippen LogP contribution is 2.31. The zero-order valence-corrected chi connectivity index (χ0v) is 13.6. The monoisotopic (exact) mass is 353 g/mol. The molecule has 0 saturated heterocycles. The van der Waals surface area contributed by atoms with Crippen molar-refractivity contribution in [1.82, 2.24) is 20.2 Å². The molecule has 6 nitrogen and oxygen atoms in total. The second kappa shape index (κ2) is 6.40. The van der Waals surface area contributed by atoms with Crippen LogP contribution in [0.3, 0.4) is 0 Å². The lowest BCUT2D eigenvalue weighted by atomic mass is 10.1. The van der Waals surface area contributed by atoms with Crippen LogP contribution < -0.4 is 10.1 Å². The predicted octanol–water partition coefficient (Wildman–Crippen LogP) is 4.05. The molecule has 0 aliphatic heterocycles. The van der Waals surface area contributed by atoms with Gasteiger partial charge in [-0.25, -0.2) is 13.8 Å². The van der Waals surface area contributed by atoms with Gasteiger partial charge < -0.3 is 10.1 Å². The first-order valence-corrected chi connectivity index (χ1v) is 7.73. The number of halogens is 2. The highest BCUT2D eigenvalue weighted by atomic mass is 19.1. The third-order valence-corrected chi connectivity index (χ3v) is 3.88. The van der Waals surface area contributed by atoms with Gasteiger partial charge >= 0.3 is 0 Å². The fraction of sp³-hybridized carbons (Fsp3) is 0.0556. The maximum atomic E-state index is 14.0. The fourth-order valence-corrected chi connectivity index (χ4v) is 2.66. The second-order valence-electron chi connectivity index (χ2n) is 5.45. The van der Waals surface area contributed by atoms with Gasteiger partial charge in [0.2, 0.25) is 5.95 Å². The van der Waals surface area contributed by atoms with Crippen LogP contribution in [0, 0.1) is 11.6 Å². The molecule has 0 radical (unpaired) electrons. The van der Waals surface area contributed by atoms with E-state index in [-0.39, 0.29) is 22.9 Å². The maximum Gasteiger partial charge on any atom is 0.229 e. The molecule has 4 rings (SSSR count). The summed E-state index contributed by atoms with van der Waals surface area (Å²) in [5.41, 5.74) is 0.976. The molecule has 130 valence electrons. The first-order chi connectivity index (χ1) is 12.7. The number of H-pyrrole nitrogens is 1. The van der Waals surface area contributed by atoms with Crippen LogP contribution in [0.15, 0.2) is 48.7 Å². The van der Waals surface area contributed by atoms with Crippen molar-refractivity contribution >= 4 is 22.7 Å². The molecule has 26 heavy (non-hydrogen) atoms. The number of rotatable bonds is 4. The molecule has 8 heteroatoms. The topological polar surface area (TPSA) is 75.7 Å². The fourth-order valence-electron chi connectivity index (χ4n) is 2.66. The van der Waals surface area contributed by atoms with Gasteiger partial charge in [0.15, 0.2) is 5.65 Å². The summed E-state index contributed by atoms with van der Waals surface area (Å²) in [4.78, 5) is 8.50. The Kier molecular flexibility index (Phi) is 3.92. The SMILES string of the molecule is COc1ccccc1Nc1ncc2c(-c3c(F)cccc3F)[nH]nc2n1. The Bertz CT molecular complexity index is 1080. The molecule has 0 bridgehead atoms. The highest BCUT2D eigenvalue weighted by Gasteiger charge is 2.17. The minimum absolute atomic E-state index is 0.191. The summed E-state index contributed by atoms with van der Waals surface area (Å²) >= 11 is 0. The van der Waals surface area contributed by atoms with Crippen LogP contribution in [0.2, 0.25) is 0 Å². The average Bonchev–Trinajstić information content (AvgIpc) is 3.05. The number of nitrogens with zero attached hydrogens (tertiary/aromatic N) is 3. The van der Waals surface area contributed by atoms with Gasteiger partial charge in [-0.2, -0.15) is 10.1 Å². The number of nitrogens with one attached hydrogen (secondary N) is 2. The van der Waals surface area contributed by atoms with Crippen molar-refractivity contribution in [3.63, 3.8) is 0 Å². The lowest BCUT2D eigenvalue weighted by molar-refractivity contribution is 0.417. The third-order valence-electron chi connectivity index (χ3n) is 3.88. The Morgan fingerprint density at radius 2 is 1.81 bits per heavy atom. The first-order valence-electron chi connectivity index (χ1n) is 7.73. The highest BCUT2D eigenvalue weighted by molar-refractivity contribution is 5.91. The van der Waals surface area contributed by atoms with Crippen molar-refractivity contribution in [3.8, 4) is 17.0 Å². The largest absolute Gasteiger partial charge is 0.495 e. The van der Waals surface area contributed by atoms with E-state index in [1.807, 2.05) is 18.2 Å². The van der Waals surface area contributed by atoms with Gasteiger partial charge in [0, 0.05) is 6.20 Å². The van der Waals surface area contributed by atoms with Crippen molar-refractivity contribution in [3.05, 3.63) is 60.3 Å². The van der Waals surface area contributed by atoms with E-state index in [0.717, 1.165) is 0 Å². The normalized spacial score (nSPS) is 10.9. The lowest BCUT2D eigenvalue weighted by Crippen LogP contribution is -1.99. The van der Waals surface area contributed by atoms with Crippen LogP contribution in [-0.2, 0) is 0 Å². The van der Waals surface area contributed by atoms with E-state index in [4.69, 9.17) is 4.74 Å². The molecule has 0 aliphatic carbocycles. The summed E-state index contributed by atoms with van der Waals surface area (Å²) in [7, 11) is 1.56.